The highest BCUT2D eigenvalue weighted by Gasteiger charge is 2.17. The summed E-state index contributed by atoms with van der Waals surface area (Å²) in [5.74, 6) is 1.67. The highest BCUT2D eigenvalue weighted by Crippen LogP contribution is 2.22. The zero-order chi connectivity index (χ0) is 12.9. The highest BCUT2D eigenvalue weighted by molar-refractivity contribution is 5.45. The summed E-state index contributed by atoms with van der Waals surface area (Å²) in [5, 5.41) is 6.46. The van der Waals surface area contributed by atoms with Crippen LogP contribution in [0.4, 0.5) is 11.8 Å². The fourth-order valence-corrected chi connectivity index (χ4v) is 2.22. The zero-order valence-corrected chi connectivity index (χ0v) is 10.6. The van der Waals surface area contributed by atoms with E-state index in [2.05, 4.69) is 30.6 Å². The van der Waals surface area contributed by atoms with Gasteiger partial charge in [-0.3, -0.25) is 4.98 Å². The van der Waals surface area contributed by atoms with E-state index in [4.69, 9.17) is 0 Å². The van der Waals surface area contributed by atoms with Gasteiger partial charge >= 0.3 is 0 Å². The summed E-state index contributed by atoms with van der Waals surface area (Å²) in [7, 11) is 0. The Morgan fingerprint density at radius 1 is 1.21 bits per heavy atom. The Bertz CT molecular complexity index is 524. The van der Waals surface area contributed by atoms with Crippen LogP contribution in [0.25, 0.3) is 0 Å². The molecule has 1 aliphatic rings. The lowest BCUT2D eigenvalue weighted by molar-refractivity contribution is 0.454. The molecular weight excluding hydrogens is 240 g/mol. The first-order valence-electron chi connectivity index (χ1n) is 6.48. The molecular formula is C13H16N6. The third-order valence-electron chi connectivity index (χ3n) is 3.17. The fraction of sp³-hybridized carbons (Fsp3) is 0.385. The first-order chi connectivity index (χ1) is 9.42. The third-order valence-corrected chi connectivity index (χ3v) is 3.17. The molecule has 1 atom stereocenters. The van der Waals surface area contributed by atoms with E-state index in [0.29, 0.717) is 17.7 Å². The second-order valence-electron chi connectivity index (χ2n) is 4.57. The van der Waals surface area contributed by atoms with Crippen molar-refractivity contribution in [1.29, 1.82) is 0 Å². The third kappa shape index (κ3) is 3.03. The van der Waals surface area contributed by atoms with Crippen LogP contribution in [-0.2, 0) is 0 Å². The van der Waals surface area contributed by atoms with Gasteiger partial charge < -0.3 is 10.6 Å². The average Bonchev–Trinajstić information content (AvgIpc) is 2.49. The largest absolute Gasteiger partial charge is 0.316 e. The Morgan fingerprint density at radius 3 is 2.89 bits per heavy atom. The molecule has 6 nitrogen and oxygen atoms in total. The van der Waals surface area contributed by atoms with Gasteiger partial charge in [0, 0.05) is 31.1 Å². The normalized spacial score (nSPS) is 19.1. The van der Waals surface area contributed by atoms with Crippen LogP contribution in [-0.4, -0.2) is 33.0 Å². The van der Waals surface area contributed by atoms with Crippen LogP contribution in [0.15, 0.2) is 30.9 Å². The van der Waals surface area contributed by atoms with Crippen molar-refractivity contribution in [3.05, 3.63) is 36.5 Å². The summed E-state index contributed by atoms with van der Waals surface area (Å²) in [6, 6.07) is 1.78. The van der Waals surface area contributed by atoms with E-state index in [1.54, 1.807) is 24.7 Å². The minimum absolute atomic E-state index is 0.444. The lowest BCUT2D eigenvalue weighted by Gasteiger charge is -2.22. The number of hydrogen-bond donors (Lipinski definition) is 2. The maximum atomic E-state index is 4.60. The number of anilines is 2. The number of piperidine rings is 1. The van der Waals surface area contributed by atoms with E-state index in [1.165, 1.54) is 6.42 Å². The van der Waals surface area contributed by atoms with Gasteiger partial charge in [0.05, 0.1) is 11.9 Å². The Hall–Kier alpha value is -2.08. The number of nitrogens with one attached hydrogen (secondary N) is 2. The summed E-state index contributed by atoms with van der Waals surface area (Å²) >= 11 is 0. The van der Waals surface area contributed by atoms with Gasteiger partial charge in [-0.25, -0.2) is 15.0 Å². The molecule has 1 fully saturated rings. The predicted octanol–water partition coefficient (Wildman–Crippen LogP) is 1.48. The first kappa shape index (κ1) is 12.0. The van der Waals surface area contributed by atoms with Gasteiger partial charge in [-0.05, 0) is 25.5 Å². The smallest absolute Gasteiger partial charge is 0.228 e. The maximum Gasteiger partial charge on any atom is 0.228 e. The molecule has 0 amide bonds. The molecule has 0 radical (unpaired) electrons. The molecule has 0 aliphatic carbocycles. The van der Waals surface area contributed by atoms with Crippen molar-refractivity contribution in [3.63, 3.8) is 0 Å². The van der Waals surface area contributed by atoms with Crippen molar-refractivity contribution in [2.45, 2.75) is 18.8 Å². The van der Waals surface area contributed by atoms with Crippen molar-refractivity contribution < 1.29 is 0 Å². The molecule has 1 aliphatic heterocycles. The van der Waals surface area contributed by atoms with Gasteiger partial charge in [-0.2, -0.15) is 0 Å². The van der Waals surface area contributed by atoms with Gasteiger partial charge in [0.15, 0.2) is 5.82 Å². The summed E-state index contributed by atoms with van der Waals surface area (Å²) < 4.78 is 0. The molecule has 1 saturated heterocycles. The van der Waals surface area contributed by atoms with E-state index in [9.17, 15) is 0 Å². The van der Waals surface area contributed by atoms with Crippen LogP contribution in [0.5, 0.6) is 0 Å². The Morgan fingerprint density at radius 2 is 2.11 bits per heavy atom. The summed E-state index contributed by atoms with van der Waals surface area (Å²) in [4.78, 5) is 17.1. The Labute approximate surface area is 111 Å². The number of nitrogens with zero attached hydrogens (tertiary/aromatic N) is 4. The minimum Gasteiger partial charge on any atom is -0.316 e. The summed E-state index contributed by atoms with van der Waals surface area (Å²) in [6.45, 7) is 2.07. The molecule has 0 unspecified atom stereocenters. The molecule has 3 rings (SSSR count). The van der Waals surface area contributed by atoms with Crippen LogP contribution < -0.4 is 10.6 Å². The molecule has 2 N–H and O–H groups in total. The van der Waals surface area contributed by atoms with Gasteiger partial charge in [0.2, 0.25) is 5.95 Å². The zero-order valence-electron chi connectivity index (χ0n) is 10.6. The van der Waals surface area contributed by atoms with Gasteiger partial charge in [-0.15, -0.1) is 0 Å². The molecule has 0 bridgehead atoms. The number of hydrogen-bond acceptors (Lipinski definition) is 6. The molecule has 3 heterocycles. The van der Waals surface area contributed by atoms with Crippen LogP contribution in [0.2, 0.25) is 0 Å². The Kier molecular flexibility index (Phi) is 3.60. The van der Waals surface area contributed by atoms with Crippen LogP contribution in [0, 0.1) is 0 Å². The molecule has 98 valence electrons. The molecule has 0 saturated carbocycles. The quantitative estimate of drug-likeness (QED) is 0.866. The highest BCUT2D eigenvalue weighted by atomic mass is 15.1. The van der Waals surface area contributed by atoms with Crippen molar-refractivity contribution >= 4 is 11.8 Å². The monoisotopic (exact) mass is 256 g/mol. The van der Waals surface area contributed by atoms with Crippen molar-refractivity contribution in [3.8, 4) is 0 Å². The van der Waals surface area contributed by atoms with Crippen LogP contribution in [0.3, 0.4) is 0 Å². The molecule has 0 spiro atoms. The standard InChI is InChI=1S/C13H16N6/c1-3-10(7-14-4-1)11-8-15-9-12(18-11)19-13-16-5-2-6-17-13/h2,5-6,8-10,14H,1,3-4,7H2,(H,16,17,18,19)/t10-/m1/s1. The van der Waals surface area contributed by atoms with Crippen molar-refractivity contribution in [2.24, 2.45) is 0 Å². The van der Waals surface area contributed by atoms with E-state index in [1.807, 2.05) is 6.20 Å². The lowest BCUT2D eigenvalue weighted by atomic mass is 9.96. The summed E-state index contributed by atoms with van der Waals surface area (Å²) in [6.07, 6.45) is 9.26. The first-order valence-corrected chi connectivity index (χ1v) is 6.48. The second-order valence-corrected chi connectivity index (χ2v) is 4.57. The van der Waals surface area contributed by atoms with E-state index < -0.39 is 0 Å². The Balaban J connectivity index is 1.76. The molecule has 2 aromatic heterocycles. The fourth-order valence-electron chi connectivity index (χ4n) is 2.22. The maximum absolute atomic E-state index is 4.60. The molecule has 19 heavy (non-hydrogen) atoms. The predicted molar refractivity (Wildman–Crippen MR) is 72.2 cm³/mol. The summed E-state index contributed by atoms with van der Waals surface area (Å²) in [5.41, 5.74) is 1.02. The van der Waals surface area contributed by atoms with Crippen LogP contribution >= 0.6 is 0 Å². The number of rotatable bonds is 3. The van der Waals surface area contributed by atoms with Crippen molar-refractivity contribution in [1.82, 2.24) is 25.3 Å². The molecule has 0 aromatic carbocycles. The number of aromatic nitrogens is 4. The second kappa shape index (κ2) is 5.71. The van der Waals surface area contributed by atoms with Gasteiger partial charge in [0.25, 0.3) is 0 Å². The SMILES string of the molecule is c1cnc(Nc2cncc([C@@H]3CCCNC3)n2)nc1. The van der Waals surface area contributed by atoms with Gasteiger partial charge in [-0.1, -0.05) is 0 Å². The van der Waals surface area contributed by atoms with Gasteiger partial charge in [0.1, 0.15) is 0 Å². The van der Waals surface area contributed by atoms with E-state index in [-0.39, 0.29) is 0 Å². The van der Waals surface area contributed by atoms with Crippen molar-refractivity contribution in [2.75, 3.05) is 18.4 Å². The minimum atomic E-state index is 0.444. The molecule has 6 heteroatoms. The average molecular weight is 256 g/mol. The van der Waals surface area contributed by atoms with E-state index in [0.717, 1.165) is 25.2 Å². The van der Waals surface area contributed by atoms with E-state index >= 15 is 0 Å². The topological polar surface area (TPSA) is 75.6 Å². The lowest BCUT2D eigenvalue weighted by Crippen LogP contribution is -2.29. The van der Waals surface area contributed by atoms with Crippen LogP contribution in [0.1, 0.15) is 24.5 Å². The molecule has 2 aromatic rings.